The van der Waals surface area contributed by atoms with Gasteiger partial charge in [-0.05, 0) is 30.3 Å². The fourth-order valence-corrected chi connectivity index (χ4v) is 4.69. The number of aromatic nitrogens is 2. The summed E-state index contributed by atoms with van der Waals surface area (Å²) in [7, 11) is -4.85. The van der Waals surface area contributed by atoms with Crippen LogP contribution in [-0.2, 0) is 16.6 Å². The van der Waals surface area contributed by atoms with E-state index in [4.69, 9.17) is 11.6 Å². The van der Waals surface area contributed by atoms with Crippen LogP contribution in [0.3, 0.4) is 0 Å². The zero-order chi connectivity index (χ0) is 24.8. The SMILES string of the molecule is O=C(c1c(F)ccc(NS(=O)(=O)c2cc(F)ccc2F)c1F)c1c[nH]c2ncc(CO)c(Cl)c12. The van der Waals surface area contributed by atoms with E-state index in [-0.39, 0.29) is 27.2 Å². The van der Waals surface area contributed by atoms with E-state index in [1.807, 2.05) is 0 Å². The number of nitrogens with zero attached hydrogens (tertiary/aromatic N) is 1. The van der Waals surface area contributed by atoms with Crippen molar-refractivity contribution in [2.24, 2.45) is 0 Å². The first kappa shape index (κ1) is 23.7. The molecule has 0 saturated heterocycles. The van der Waals surface area contributed by atoms with Gasteiger partial charge in [0.25, 0.3) is 10.0 Å². The van der Waals surface area contributed by atoms with Crippen molar-refractivity contribution in [3.63, 3.8) is 0 Å². The third-order valence-corrected chi connectivity index (χ3v) is 6.68. The molecule has 2 aromatic heterocycles. The largest absolute Gasteiger partial charge is 0.392 e. The highest BCUT2D eigenvalue weighted by atomic mass is 35.5. The van der Waals surface area contributed by atoms with Gasteiger partial charge in [0.05, 0.1) is 28.4 Å². The first-order valence-corrected chi connectivity index (χ1v) is 11.2. The molecule has 0 saturated carbocycles. The first-order valence-electron chi connectivity index (χ1n) is 9.31. The Balaban J connectivity index is 1.81. The molecular formula is C21H12ClF4N3O4S. The van der Waals surface area contributed by atoms with Gasteiger partial charge in [-0.15, -0.1) is 0 Å². The lowest BCUT2D eigenvalue weighted by molar-refractivity contribution is 0.103. The van der Waals surface area contributed by atoms with Crippen molar-refractivity contribution in [2.45, 2.75) is 11.5 Å². The Labute approximate surface area is 194 Å². The van der Waals surface area contributed by atoms with Crippen molar-refractivity contribution < 1.29 is 35.9 Å². The second-order valence-electron chi connectivity index (χ2n) is 6.97. The van der Waals surface area contributed by atoms with E-state index in [0.717, 1.165) is 6.20 Å². The molecule has 0 atom stereocenters. The summed E-state index contributed by atoms with van der Waals surface area (Å²) in [5.41, 5.74) is -2.05. The van der Waals surface area contributed by atoms with E-state index >= 15 is 4.39 Å². The van der Waals surface area contributed by atoms with Gasteiger partial charge >= 0.3 is 0 Å². The predicted octanol–water partition coefficient (Wildman–Crippen LogP) is 4.30. The molecule has 2 aromatic carbocycles. The standard InChI is InChI=1S/C21H12ClF4N3O4S/c22-18-9(8-30)6-27-21-16(18)11(7-28-21)20(31)17-13(25)3-4-14(19(17)26)29-34(32,33)15-5-10(23)1-2-12(15)24/h1-7,29-30H,8H2,(H,27,28). The van der Waals surface area contributed by atoms with Crippen LogP contribution in [0.5, 0.6) is 0 Å². The van der Waals surface area contributed by atoms with E-state index < -0.39 is 61.8 Å². The van der Waals surface area contributed by atoms with Crippen LogP contribution in [0.2, 0.25) is 5.02 Å². The Hall–Kier alpha value is -3.48. The van der Waals surface area contributed by atoms with Crippen LogP contribution in [0.15, 0.2) is 47.6 Å². The third-order valence-electron chi connectivity index (χ3n) is 4.87. The second kappa shape index (κ2) is 8.70. The minimum Gasteiger partial charge on any atom is -0.392 e. The van der Waals surface area contributed by atoms with Crippen LogP contribution in [0.1, 0.15) is 21.5 Å². The Morgan fingerprint density at radius 2 is 1.82 bits per heavy atom. The number of aliphatic hydroxyl groups excluding tert-OH is 1. The Morgan fingerprint density at radius 3 is 2.53 bits per heavy atom. The van der Waals surface area contributed by atoms with E-state index in [1.165, 1.54) is 6.20 Å². The van der Waals surface area contributed by atoms with Crippen LogP contribution >= 0.6 is 11.6 Å². The maximum atomic E-state index is 15.2. The minimum atomic E-state index is -4.85. The summed E-state index contributed by atoms with van der Waals surface area (Å²) in [5.74, 6) is -6.50. The highest BCUT2D eigenvalue weighted by Gasteiger charge is 2.28. The van der Waals surface area contributed by atoms with Crippen molar-refractivity contribution in [3.05, 3.63) is 87.7 Å². The predicted molar refractivity (Wildman–Crippen MR) is 114 cm³/mol. The summed E-state index contributed by atoms with van der Waals surface area (Å²) >= 11 is 6.20. The number of aromatic amines is 1. The number of hydrogen-bond acceptors (Lipinski definition) is 5. The molecule has 0 aliphatic carbocycles. The van der Waals surface area contributed by atoms with Gasteiger partial charge in [0.15, 0.2) is 5.82 Å². The van der Waals surface area contributed by atoms with Crippen molar-refractivity contribution in [1.82, 2.24) is 9.97 Å². The molecule has 0 aliphatic rings. The molecule has 0 fully saturated rings. The molecule has 0 spiro atoms. The zero-order valence-corrected chi connectivity index (χ0v) is 18.2. The number of aliphatic hydroxyl groups is 1. The highest BCUT2D eigenvalue weighted by Crippen LogP contribution is 2.32. The molecule has 3 N–H and O–H groups in total. The Kier molecular flexibility index (Phi) is 6.06. The molecule has 7 nitrogen and oxygen atoms in total. The number of benzene rings is 2. The van der Waals surface area contributed by atoms with Gasteiger partial charge in [-0.25, -0.2) is 31.0 Å². The van der Waals surface area contributed by atoms with Crippen LogP contribution in [0.25, 0.3) is 11.0 Å². The van der Waals surface area contributed by atoms with Crippen molar-refractivity contribution in [3.8, 4) is 0 Å². The van der Waals surface area contributed by atoms with Gasteiger partial charge in [0.2, 0.25) is 5.78 Å². The fourth-order valence-electron chi connectivity index (χ4n) is 3.24. The maximum Gasteiger partial charge on any atom is 0.265 e. The van der Waals surface area contributed by atoms with Crippen molar-refractivity contribution in [1.29, 1.82) is 0 Å². The normalized spacial score (nSPS) is 11.7. The number of carbonyl (C=O) groups excluding carboxylic acids is 1. The van der Waals surface area contributed by atoms with Crippen molar-refractivity contribution >= 4 is 44.1 Å². The van der Waals surface area contributed by atoms with Gasteiger partial charge in [-0.2, -0.15) is 0 Å². The summed E-state index contributed by atoms with van der Waals surface area (Å²) < 4.78 is 83.8. The topological polar surface area (TPSA) is 112 Å². The first-order chi connectivity index (χ1) is 16.0. The lowest BCUT2D eigenvalue weighted by atomic mass is 10.0. The summed E-state index contributed by atoms with van der Waals surface area (Å²) in [4.78, 5) is 18.5. The van der Waals surface area contributed by atoms with Crippen molar-refractivity contribution in [2.75, 3.05) is 4.72 Å². The number of ketones is 1. The number of nitrogens with one attached hydrogen (secondary N) is 2. The van der Waals surface area contributed by atoms with Crippen LogP contribution < -0.4 is 4.72 Å². The van der Waals surface area contributed by atoms with Crippen LogP contribution in [0.4, 0.5) is 23.2 Å². The number of carbonyl (C=O) groups is 1. The summed E-state index contributed by atoms with van der Waals surface area (Å²) in [6, 6.07) is 2.95. The molecule has 0 radical (unpaired) electrons. The molecule has 4 rings (SSSR count). The number of halogens is 5. The average Bonchev–Trinajstić information content (AvgIpc) is 3.22. The lowest BCUT2D eigenvalue weighted by Crippen LogP contribution is -2.18. The average molecular weight is 514 g/mol. The van der Waals surface area contributed by atoms with Crippen LogP contribution in [0, 0.1) is 23.3 Å². The monoisotopic (exact) mass is 513 g/mol. The quantitative estimate of drug-likeness (QED) is 0.263. The third kappa shape index (κ3) is 4.00. The van der Waals surface area contributed by atoms with Gasteiger partial charge in [-0.3, -0.25) is 9.52 Å². The number of anilines is 1. The minimum absolute atomic E-state index is 0.00941. The van der Waals surface area contributed by atoms with E-state index in [2.05, 4.69) is 9.97 Å². The molecule has 0 bridgehead atoms. The number of H-pyrrole nitrogens is 1. The number of pyridine rings is 1. The van der Waals surface area contributed by atoms with Gasteiger partial charge in [0, 0.05) is 23.3 Å². The number of sulfonamides is 1. The number of fused-ring (bicyclic) bond motifs is 1. The number of rotatable bonds is 6. The summed E-state index contributed by atoms with van der Waals surface area (Å²) in [6.45, 7) is -0.517. The molecule has 176 valence electrons. The zero-order valence-electron chi connectivity index (χ0n) is 16.7. The smallest absolute Gasteiger partial charge is 0.265 e. The molecule has 13 heteroatoms. The number of hydrogen-bond donors (Lipinski definition) is 3. The maximum absolute atomic E-state index is 15.2. The highest BCUT2D eigenvalue weighted by molar-refractivity contribution is 7.92. The van der Waals surface area contributed by atoms with Gasteiger partial charge < -0.3 is 10.1 Å². The lowest BCUT2D eigenvalue weighted by Gasteiger charge is -2.12. The summed E-state index contributed by atoms with van der Waals surface area (Å²) in [5, 5.41) is 9.29. The molecule has 4 aromatic rings. The van der Waals surface area contributed by atoms with Gasteiger partial charge in [-0.1, -0.05) is 11.6 Å². The van der Waals surface area contributed by atoms with Gasteiger partial charge in [0.1, 0.15) is 28.0 Å². The molecule has 0 unspecified atom stereocenters. The summed E-state index contributed by atoms with van der Waals surface area (Å²) in [6.07, 6.45) is 2.35. The Bertz CT molecular complexity index is 1570. The molecule has 2 heterocycles. The van der Waals surface area contributed by atoms with E-state index in [0.29, 0.717) is 30.3 Å². The molecular weight excluding hydrogens is 502 g/mol. The molecule has 0 amide bonds. The van der Waals surface area contributed by atoms with Crippen LogP contribution in [-0.4, -0.2) is 29.3 Å². The molecule has 0 aliphatic heterocycles. The Morgan fingerprint density at radius 1 is 1.12 bits per heavy atom. The fraction of sp³-hybridized carbons (Fsp3) is 0.0476. The van der Waals surface area contributed by atoms with E-state index in [9.17, 15) is 31.5 Å². The second-order valence-corrected chi connectivity index (χ2v) is 9.00. The van der Waals surface area contributed by atoms with E-state index in [1.54, 1.807) is 4.72 Å². The molecule has 34 heavy (non-hydrogen) atoms.